The molecule has 1 aliphatic heterocycles. The van der Waals surface area contributed by atoms with Gasteiger partial charge in [-0.2, -0.15) is 0 Å². The van der Waals surface area contributed by atoms with Gasteiger partial charge in [-0.05, 0) is 30.3 Å². The fourth-order valence-corrected chi connectivity index (χ4v) is 4.34. The summed E-state index contributed by atoms with van der Waals surface area (Å²) in [6.45, 7) is 1.61. The lowest BCUT2D eigenvalue weighted by molar-refractivity contribution is 0.0533. The molecule has 31 heavy (non-hydrogen) atoms. The minimum Gasteiger partial charge on any atom is -0.507 e. The van der Waals surface area contributed by atoms with Crippen molar-refractivity contribution in [2.24, 2.45) is 0 Å². The zero-order valence-electron chi connectivity index (χ0n) is 17.2. The van der Waals surface area contributed by atoms with Gasteiger partial charge in [-0.1, -0.05) is 18.2 Å². The number of rotatable bonds is 7. The van der Waals surface area contributed by atoms with Crippen molar-refractivity contribution in [3.05, 3.63) is 59.7 Å². The van der Waals surface area contributed by atoms with Gasteiger partial charge in [0.05, 0.1) is 17.1 Å². The number of nitrogens with one attached hydrogen (secondary N) is 1. The largest absolute Gasteiger partial charge is 0.507 e. The maximum atomic E-state index is 12.9. The number of methoxy groups -OCH3 is 1. The molecule has 3 rings (SSSR count). The number of carbonyl (C=O) groups is 2. The molecule has 166 valence electrons. The fraction of sp³-hybridized carbons (Fsp3) is 0.333. The van der Waals surface area contributed by atoms with Crippen LogP contribution in [0.15, 0.2) is 53.4 Å². The van der Waals surface area contributed by atoms with Crippen LogP contribution in [0.25, 0.3) is 0 Å². The molecule has 1 saturated heterocycles. The van der Waals surface area contributed by atoms with E-state index in [9.17, 15) is 23.1 Å². The number of piperazine rings is 1. The zero-order chi connectivity index (χ0) is 22.4. The number of amides is 2. The summed E-state index contributed by atoms with van der Waals surface area (Å²) >= 11 is 0. The standard InChI is InChI=1S/C21H25N3O6S/c1-30-14-9-22-31(28,29)17-6-4-5-16(15-17)20(26)23-10-12-24(13-11-23)21(27)18-7-2-3-8-19(18)25/h2-8,15,22,25H,9-14H2,1H3. The summed E-state index contributed by atoms with van der Waals surface area (Å²) in [5.41, 5.74) is 0.483. The highest BCUT2D eigenvalue weighted by Crippen LogP contribution is 2.20. The van der Waals surface area contributed by atoms with Crippen molar-refractivity contribution >= 4 is 21.8 Å². The number of aromatic hydroxyl groups is 1. The van der Waals surface area contributed by atoms with E-state index >= 15 is 0 Å². The lowest BCUT2D eigenvalue weighted by Crippen LogP contribution is -2.50. The minimum atomic E-state index is -3.75. The highest BCUT2D eigenvalue weighted by molar-refractivity contribution is 7.89. The van der Waals surface area contributed by atoms with Gasteiger partial charge >= 0.3 is 0 Å². The summed E-state index contributed by atoms with van der Waals surface area (Å²) < 4.78 is 32.0. The molecule has 0 atom stereocenters. The number of carbonyl (C=O) groups excluding carboxylic acids is 2. The smallest absolute Gasteiger partial charge is 0.257 e. The van der Waals surface area contributed by atoms with Crippen LogP contribution in [0.5, 0.6) is 5.75 Å². The highest BCUT2D eigenvalue weighted by atomic mass is 32.2. The maximum Gasteiger partial charge on any atom is 0.257 e. The summed E-state index contributed by atoms with van der Waals surface area (Å²) in [6, 6.07) is 12.2. The molecule has 2 aromatic rings. The molecule has 2 aromatic carbocycles. The number of phenols is 1. The molecular weight excluding hydrogens is 422 g/mol. The Balaban J connectivity index is 1.65. The summed E-state index contributed by atoms with van der Waals surface area (Å²) in [4.78, 5) is 28.7. The Morgan fingerprint density at radius 3 is 2.29 bits per heavy atom. The molecule has 0 bridgehead atoms. The van der Waals surface area contributed by atoms with E-state index in [4.69, 9.17) is 4.74 Å². The third kappa shape index (κ3) is 5.40. The van der Waals surface area contributed by atoms with Crippen molar-refractivity contribution in [1.29, 1.82) is 0 Å². The van der Waals surface area contributed by atoms with Gasteiger partial charge in [0.15, 0.2) is 0 Å². The average Bonchev–Trinajstić information content (AvgIpc) is 2.79. The predicted octanol–water partition coefficient (Wildman–Crippen LogP) is 0.915. The molecule has 2 N–H and O–H groups in total. The van der Waals surface area contributed by atoms with Crippen molar-refractivity contribution in [1.82, 2.24) is 14.5 Å². The molecule has 2 amide bonds. The third-order valence-electron chi connectivity index (χ3n) is 4.98. The first kappa shape index (κ1) is 22.7. The number of sulfonamides is 1. The molecule has 0 aromatic heterocycles. The summed E-state index contributed by atoms with van der Waals surface area (Å²) in [5, 5.41) is 9.89. The van der Waals surface area contributed by atoms with Gasteiger partial charge in [0, 0.05) is 45.4 Å². The number of benzene rings is 2. The van der Waals surface area contributed by atoms with Gasteiger partial charge in [0.25, 0.3) is 11.8 Å². The SMILES string of the molecule is COCCNS(=O)(=O)c1cccc(C(=O)N2CCN(C(=O)c3ccccc3O)CC2)c1. The van der Waals surface area contributed by atoms with Gasteiger partial charge in [0.1, 0.15) is 5.75 Å². The molecule has 0 aliphatic carbocycles. The van der Waals surface area contributed by atoms with Gasteiger partial charge < -0.3 is 19.6 Å². The van der Waals surface area contributed by atoms with Gasteiger partial charge in [0.2, 0.25) is 10.0 Å². The van der Waals surface area contributed by atoms with Crippen LogP contribution >= 0.6 is 0 Å². The summed E-state index contributed by atoms with van der Waals surface area (Å²) in [7, 11) is -2.28. The van der Waals surface area contributed by atoms with Crippen LogP contribution in [-0.4, -0.2) is 81.6 Å². The van der Waals surface area contributed by atoms with Crippen LogP contribution in [-0.2, 0) is 14.8 Å². The van der Waals surface area contributed by atoms with Crippen molar-refractivity contribution in [2.45, 2.75) is 4.90 Å². The van der Waals surface area contributed by atoms with Crippen molar-refractivity contribution in [3.8, 4) is 5.75 Å². The van der Waals surface area contributed by atoms with E-state index in [1.54, 1.807) is 34.1 Å². The zero-order valence-corrected chi connectivity index (χ0v) is 18.0. The first-order valence-electron chi connectivity index (χ1n) is 9.78. The normalized spacial score (nSPS) is 14.5. The fourth-order valence-electron chi connectivity index (χ4n) is 3.28. The number of hydrogen-bond acceptors (Lipinski definition) is 6. The predicted molar refractivity (Wildman–Crippen MR) is 113 cm³/mol. The average molecular weight is 448 g/mol. The van der Waals surface area contributed by atoms with Crippen LogP contribution in [0.1, 0.15) is 20.7 Å². The Labute approximate surface area is 181 Å². The maximum absolute atomic E-state index is 12.9. The van der Waals surface area contributed by atoms with Crippen LogP contribution < -0.4 is 4.72 Å². The summed E-state index contributed by atoms with van der Waals surface area (Å²) in [6.07, 6.45) is 0. The Morgan fingerprint density at radius 1 is 1.00 bits per heavy atom. The molecule has 0 spiro atoms. The second-order valence-corrected chi connectivity index (χ2v) is 8.79. The topological polar surface area (TPSA) is 116 Å². The van der Waals surface area contributed by atoms with Crippen LogP contribution in [0.2, 0.25) is 0 Å². The van der Waals surface area contributed by atoms with Crippen LogP contribution in [0, 0.1) is 0 Å². The molecule has 10 heteroatoms. The van der Waals surface area contributed by atoms with Crippen molar-refractivity contribution in [3.63, 3.8) is 0 Å². The number of nitrogens with zero attached hydrogens (tertiary/aromatic N) is 2. The number of hydrogen-bond donors (Lipinski definition) is 2. The summed E-state index contributed by atoms with van der Waals surface area (Å²) in [5.74, 6) is -0.674. The van der Waals surface area contributed by atoms with E-state index in [1.807, 2.05) is 0 Å². The molecule has 0 saturated carbocycles. The number of para-hydroxylation sites is 1. The van der Waals surface area contributed by atoms with Crippen LogP contribution in [0.4, 0.5) is 0 Å². The first-order chi connectivity index (χ1) is 14.8. The molecule has 0 radical (unpaired) electrons. The van der Waals surface area contributed by atoms with Gasteiger partial charge in [-0.3, -0.25) is 9.59 Å². The van der Waals surface area contributed by atoms with Crippen molar-refractivity contribution in [2.75, 3.05) is 46.4 Å². The quantitative estimate of drug-likeness (QED) is 0.610. The second kappa shape index (κ2) is 9.90. The Kier molecular flexibility index (Phi) is 7.26. The highest BCUT2D eigenvalue weighted by Gasteiger charge is 2.27. The third-order valence-corrected chi connectivity index (χ3v) is 6.44. The van der Waals surface area contributed by atoms with Gasteiger partial charge in [-0.25, -0.2) is 13.1 Å². The first-order valence-corrected chi connectivity index (χ1v) is 11.3. The molecule has 1 fully saturated rings. The number of phenolic OH excluding ortho intramolecular Hbond substituents is 1. The van der Waals surface area contributed by atoms with Crippen molar-refractivity contribution < 1.29 is 27.9 Å². The van der Waals surface area contributed by atoms with E-state index < -0.39 is 10.0 Å². The molecule has 9 nitrogen and oxygen atoms in total. The Morgan fingerprint density at radius 2 is 1.65 bits per heavy atom. The van der Waals surface area contributed by atoms with E-state index in [-0.39, 0.29) is 46.7 Å². The second-order valence-electron chi connectivity index (χ2n) is 7.02. The van der Waals surface area contributed by atoms with Gasteiger partial charge in [-0.15, -0.1) is 0 Å². The lowest BCUT2D eigenvalue weighted by atomic mass is 10.1. The monoisotopic (exact) mass is 447 g/mol. The Hall–Kier alpha value is -2.95. The molecular formula is C21H25N3O6S. The van der Waals surface area contributed by atoms with E-state index in [0.29, 0.717) is 26.2 Å². The molecule has 1 heterocycles. The molecule has 1 aliphatic rings. The minimum absolute atomic E-state index is 0.00261. The van der Waals surface area contributed by atoms with E-state index in [0.717, 1.165) is 0 Å². The van der Waals surface area contributed by atoms with Crippen LogP contribution in [0.3, 0.4) is 0 Å². The number of ether oxygens (including phenoxy) is 1. The van der Waals surface area contributed by atoms with E-state index in [1.165, 1.54) is 31.4 Å². The Bertz CT molecular complexity index is 1050. The lowest BCUT2D eigenvalue weighted by Gasteiger charge is -2.35. The van der Waals surface area contributed by atoms with E-state index in [2.05, 4.69) is 4.72 Å². The molecule has 0 unspecified atom stereocenters.